The third-order valence-corrected chi connectivity index (χ3v) is 4.21. The maximum absolute atomic E-state index is 12.0. The Balaban J connectivity index is 1.53. The summed E-state index contributed by atoms with van der Waals surface area (Å²) < 4.78 is 0. The molecule has 1 atom stereocenters. The number of amides is 2. The van der Waals surface area contributed by atoms with Crippen molar-refractivity contribution in [3.63, 3.8) is 0 Å². The van der Waals surface area contributed by atoms with Crippen LogP contribution in [0.4, 0.5) is 0 Å². The number of benzene rings is 3. The Hall–Kier alpha value is -3.18. The summed E-state index contributed by atoms with van der Waals surface area (Å²) in [5, 5.41) is 5.52. The average molecular weight is 347 g/mol. The van der Waals surface area contributed by atoms with Crippen LogP contribution in [-0.2, 0) is 4.79 Å². The number of fused-ring (bicyclic) bond motifs is 1. The van der Waals surface area contributed by atoms with Crippen LogP contribution < -0.4 is 16.2 Å². The largest absolute Gasteiger partial charge is 0.302 e. The Bertz CT molecular complexity index is 904. The minimum atomic E-state index is -0.346. The fourth-order valence-corrected chi connectivity index (χ4v) is 2.82. The van der Waals surface area contributed by atoms with E-state index in [0.29, 0.717) is 5.56 Å². The molecule has 0 heterocycles. The molecule has 3 aromatic rings. The van der Waals surface area contributed by atoms with E-state index < -0.39 is 0 Å². The molecule has 0 radical (unpaired) electrons. The summed E-state index contributed by atoms with van der Waals surface area (Å²) in [5.74, 6) is -0.651. The Morgan fingerprint density at radius 3 is 2.35 bits per heavy atom. The van der Waals surface area contributed by atoms with Crippen LogP contribution in [0.3, 0.4) is 0 Å². The number of nitrogens with one attached hydrogen (secondary N) is 3. The van der Waals surface area contributed by atoms with E-state index in [2.05, 4.69) is 40.4 Å². The van der Waals surface area contributed by atoms with Gasteiger partial charge in [-0.15, -0.1) is 0 Å². The van der Waals surface area contributed by atoms with Crippen molar-refractivity contribution in [1.82, 2.24) is 16.2 Å². The second-order valence-electron chi connectivity index (χ2n) is 6.04. The molecule has 0 unspecified atom stereocenters. The lowest BCUT2D eigenvalue weighted by molar-refractivity contribution is -0.121. The highest BCUT2D eigenvalue weighted by molar-refractivity contribution is 5.95. The van der Waals surface area contributed by atoms with Gasteiger partial charge >= 0.3 is 0 Å². The van der Waals surface area contributed by atoms with Gasteiger partial charge in [0.05, 0.1) is 6.54 Å². The summed E-state index contributed by atoms with van der Waals surface area (Å²) >= 11 is 0. The molecule has 2 amide bonds. The molecule has 0 aromatic heterocycles. The zero-order valence-corrected chi connectivity index (χ0v) is 14.5. The zero-order chi connectivity index (χ0) is 18.4. The van der Waals surface area contributed by atoms with Gasteiger partial charge < -0.3 is 5.32 Å². The molecule has 0 bridgehead atoms. The molecule has 0 fully saturated rings. The van der Waals surface area contributed by atoms with Crippen LogP contribution in [0.15, 0.2) is 72.8 Å². The molecule has 0 saturated heterocycles. The smallest absolute Gasteiger partial charge is 0.269 e. The van der Waals surface area contributed by atoms with Crippen molar-refractivity contribution in [3.05, 3.63) is 83.9 Å². The monoisotopic (exact) mass is 347 g/mol. The molecule has 3 rings (SSSR count). The maximum Gasteiger partial charge on any atom is 0.269 e. The number of rotatable bonds is 5. The number of hydrogen-bond acceptors (Lipinski definition) is 3. The molecule has 0 aliphatic carbocycles. The van der Waals surface area contributed by atoms with E-state index >= 15 is 0 Å². The van der Waals surface area contributed by atoms with Crippen LogP contribution in [0.5, 0.6) is 0 Å². The van der Waals surface area contributed by atoms with E-state index in [1.165, 1.54) is 5.39 Å². The van der Waals surface area contributed by atoms with E-state index in [0.717, 1.165) is 10.9 Å². The van der Waals surface area contributed by atoms with Gasteiger partial charge in [-0.1, -0.05) is 60.7 Å². The molecule has 3 N–H and O–H groups in total. The second kappa shape index (κ2) is 8.27. The van der Waals surface area contributed by atoms with Crippen LogP contribution in [-0.4, -0.2) is 18.4 Å². The lowest BCUT2D eigenvalue weighted by Gasteiger charge is -2.16. The molecule has 26 heavy (non-hydrogen) atoms. The first kappa shape index (κ1) is 17.6. The minimum absolute atomic E-state index is 0.00308. The standard InChI is InChI=1S/C21H21N3O2/c1-15(18-13-7-11-16-8-5-6-12-19(16)18)22-14-20(25)23-24-21(26)17-9-3-2-4-10-17/h2-13,15,22H,14H2,1H3,(H,23,25)(H,24,26)/t15-/m0/s1. The van der Waals surface area contributed by atoms with Crippen molar-refractivity contribution in [1.29, 1.82) is 0 Å². The van der Waals surface area contributed by atoms with E-state index in [-0.39, 0.29) is 24.4 Å². The molecular weight excluding hydrogens is 326 g/mol. The molecular formula is C21H21N3O2. The quantitative estimate of drug-likeness (QED) is 0.622. The van der Waals surface area contributed by atoms with Crippen molar-refractivity contribution < 1.29 is 9.59 Å². The number of carbonyl (C=O) groups is 2. The van der Waals surface area contributed by atoms with E-state index in [4.69, 9.17) is 0 Å². The Labute approximate surface area is 152 Å². The van der Waals surface area contributed by atoms with E-state index in [1.54, 1.807) is 24.3 Å². The highest BCUT2D eigenvalue weighted by Gasteiger charge is 2.11. The summed E-state index contributed by atoms with van der Waals surface area (Å²) in [7, 11) is 0. The lowest BCUT2D eigenvalue weighted by atomic mass is 10.00. The van der Waals surface area contributed by atoms with Gasteiger partial charge in [-0.2, -0.15) is 0 Å². The average Bonchev–Trinajstić information content (AvgIpc) is 2.70. The predicted octanol–water partition coefficient (Wildman–Crippen LogP) is 2.95. The molecule has 132 valence electrons. The van der Waals surface area contributed by atoms with Crippen LogP contribution in [0.1, 0.15) is 28.9 Å². The normalized spacial score (nSPS) is 11.7. The van der Waals surface area contributed by atoms with Crippen LogP contribution >= 0.6 is 0 Å². The fraction of sp³-hybridized carbons (Fsp3) is 0.143. The lowest BCUT2D eigenvalue weighted by Crippen LogP contribution is -2.45. The van der Waals surface area contributed by atoms with Gasteiger partial charge in [0, 0.05) is 11.6 Å². The molecule has 5 nitrogen and oxygen atoms in total. The molecule has 0 spiro atoms. The molecule has 0 aliphatic heterocycles. The zero-order valence-electron chi connectivity index (χ0n) is 14.5. The molecule has 3 aromatic carbocycles. The fourth-order valence-electron chi connectivity index (χ4n) is 2.82. The van der Waals surface area contributed by atoms with Crippen molar-refractivity contribution in [2.45, 2.75) is 13.0 Å². The van der Waals surface area contributed by atoms with E-state index in [9.17, 15) is 9.59 Å². The van der Waals surface area contributed by atoms with Crippen LogP contribution in [0.2, 0.25) is 0 Å². The second-order valence-corrected chi connectivity index (χ2v) is 6.04. The third-order valence-electron chi connectivity index (χ3n) is 4.21. The number of hydrogen-bond donors (Lipinski definition) is 3. The van der Waals surface area contributed by atoms with Gasteiger partial charge in [-0.25, -0.2) is 0 Å². The number of carbonyl (C=O) groups excluding carboxylic acids is 2. The van der Waals surface area contributed by atoms with Gasteiger partial charge in [-0.05, 0) is 35.4 Å². The highest BCUT2D eigenvalue weighted by atomic mass is 16.2. The van der Waals surface area contributed by atoms with Crippen LogP contribution in [0.25, 0.3) is 10.8 Å². The maximum atomic E-state index is 12.0. The summed E-state index contributed by atoms with van der Waals surface area (Å²) in [6.45, 7) is 2.11. The Kier molecular flexibility index (Phi) is 5.61. The highest BCUT2D eigenvalue weighted by Crippen LogP contribution is 2.23. The first-order valence-electron chi connectivity index (χ1n) is 8.50. The number of hydrazine groups is 1. The summed E-state index contributed by atoms with van der Waals surface area (Å²) in [6.07, 6.45) is 0. The van der Waals surface area contributed by atoms with Gasteiger partial charge in [0.1, 0.15) is 0 Å². The van der Waals surface area contributed by atoms with Gasteiger partial charge in [0.2, 0.25) is 0 Å². The molecule has 0 aliphatic rings. The summed E-state index contributed by atoms with van der Waals surface area (Å²) in [6, 6.07) is 23.0. The van der Waals surface area contributed by atoms with Gasteiger partial charge in [0.15, 0.2) is 0 Å². The summed E-state index contributed by atoms with van der Waals surface area (Å²) in [5.41, 5.74) is 6.46. The first-order valence-corrected chi connectivity index (χ1v) is 8.50. The Morgan fingerprint density at radius 2 is 1.54 bits per heavy atom. The van der Waals surface area contributed by atoms with Crippen molar-refractivity contribution in [2.75, 3.05) is 6.54 Å². The molecule has 0 saturated carbocycles. The van der Waals surface area contributed by atoms with Crippen molar-refractivity contribution >= 4 is 22.6 Å². The third kappa shape index (κ3) is 4.26. The molecule has 5 heteroatoms. The van der Waals surface area contributed by atoms with Crippen LogP contribution in [0, 0.1) is 0 Å². The van der Waals surface area contributed by atoms with Gasteiger partial charge in [0.25, 0.3) is 11.8 Å². The predicted molar refractivity (Wildman–Crippen MR) is 102 cm³/mol. The van der Waals surface area contributed by atoms with Crippen molar-refractivity contribution in [3.8, 4) is 0 Å². The van der Waals surface area contributed by atoms with Gasteiger partial charge in [-0.3, -0.25) is 20.4 Å². The topological polar surface area (TPSA) is 70.2 Å². The van der Waals surface area contributed by atoms with E-state index in [1.807, 2.05) is 31.2 Å². The minimum Gasteiger partial charge on any atom is -0.302 e. The SMILES string of the molecule is C[C@H](NCC(=O)NNC(=O)c1ccccc1)c1cccc2ccccc12. The Morgan fingerprint density at radius 1 is 0.846 bits per heavy atom. The summed E-state index contributed by atoms with van der Waals surface area (Å²) in [4.78, 5) is 23.9. The van der Waals surface area contributed by atoms with Crippen molar-refractivity contribution in [2.24, 2.45) is 0 Å². The first-order chi connectivity index (χ1) is 12.6.